The lowest BCUT2D eigenvalue weighted by molar-refractivity contribution is 0.414. The molecule has 0 radical (unpaired) electrons. The lowest BCUT2D eigenvalue weighted by Crippen LogP contribution is -2.34. The number of benzene rings is 1. The Morgan fingerprint density at radius 3 is 2.59 bits per heavy atom. The second-order valence-corrected chi connectivity index (χ2v) is 3.53. The summed E-state index contributed by atoms with van der Waals surface area (Å²) in [5.74, 6) is 1.66. The summed E-state index contributed by atoms with van der Waals surface area (Å²) in [6.45, 7) is 2.78. The molecule has 5 heteroatoms. The third kappa shape index (κ3) is 5.25. The van der Waals surface area contributed by atoms with Crippen LogP contribution in [0.15, 0.2) is 23.2 Å². The van der Waals surface area contributed by atoms with Crippen LogP contribution in [0.25, 0.3) is 0 Å². The Bertz CT molecular complexity index is 380. The van der Waals surface area contributed by atoms with Crippen molar-refractivity contribution in [3.63, 3.8) is 0 Å². The van der Waals surface area contributed by atoms with Crippen molar-refractivity contribution in [2.45, 2.75) is 13.5 Å². The smallest absolute Gasteiger partial charge is 0.190 e. The summed E-state index contributed by atoms with van der Waals surface area (Å²) in [5, 5.41) is 6.17. The second-order valence-electron chi connectivity index (χ2n) is 3.53. The topological polar surface area (TPSA) is 45.7 Å². The molecule has 17 heavy (non-hydrogen) atoms. The van der Waals surface area contributed by atoms with Gasteiger partial charge in [-0.25, -0.2) is 0 Å². The first-order valence-corrected chi connectivity index (χ1v) is 5.22. The summed E-state index contributed by atoms with van der Waals surface area (Å²) in [6, 6.07) is 6.15. The van der Waals surface area contributed by atoms with Crippen molar-refractivity contribution in [3.8, 4) is 5.75 Å². The average molecular weight is 349 g/mol. The van der Waals surface area contributed by atoms with E-state index < -0.39 is 0 Å². The van der Waals surface area contributed by atoms with Crippen molar-refractivity contribution in [3.05, 3.63) is 29.3 Å². The summed E-state index contributed by atoms with van der Waals surface area (Å²) in [4.78, 5) is 4.05. The molecule has 0 spiro atoms. The predicted molar refractivity (Wildman–Crippen MR) is 82.4 cm³/mol. The highest BCUT2D eigenvalue weighted by atomic mass is 127. The van der Waals surface area contributed by atoms with E-state index in [0.717, 1.165) is 18.3 Å². The van der Waals surface area contributed by atoms with Gasteiger partial charge in [0.1, 0.15) is 5.75 Å². The molecule has 0 atom stereocenters. The first kappa shape index (κ1) is 16.0. The number of hydrogen-bond donors (Lipinski definition) is 2. The van der Waals surface area contributed by atoms with Crippen LogP contribution in [0.3, 0.4) is 0 Å². The largest absolute Gasteiger partial charge is 0.497 e. The van der Waals surface area contributed by atoms with Gasteiger partial charge < -0.3 is 15.4 Å². The number of halogens is 1. The van der Waals surface area contributed by atoms with E-state index >= 15 is 0 Å². The molecule has 1 rings (SSSR count). The Morgan fingerprint density at radius 1 is 1.35 bits per heavy atom. The lowest BCUT2D eigenvalue weighted by Gasteiger charge is -2.10. The van der Waals surface area contributed by atoms with Crippen molar-refractivity contribution in [1.29, 1.82) is 0 Å². The lowest BCUT2D eigenvalue weighted by atomic mass is 10.1. The molecule has 0 bridgehead atoms. The summed E-state index contributed by atoms with van der Waals surface area (Å²) >= 11 is 0. The van der Waals surface area contributed by atoms with E-state index in [1.807, 2.05) is 19.2 Å². The minimum atomic E-state index is 0. The Morgan fingerprint density at radius 2 is 2.06 bits per heavy atom. The normalized spacial score (nSPS) is 10.5. The van der Waals surface area contributed by atoms with Crippen molar-refractivity contribution in [1.82, 2.24) is 10.6 Å². The van der Waals surface area contributed by atoms with Gasteiger partial charge in [0, 0.05) is 20.6 Å². The first-order valence-electron chi connectivity index (χ1n) is 5.22. The highest BCUT2D eigenvalue weighted by molar-refractivity contribution is 14.0. The fourth-order valence-electron chi connectivity index (χ4n) is 1.51. The van der Waals surface area contributed by atoms with Gasteiger partial charge in [0.05, 0.1) is 7.11 Å². The Hall–Kier alpha value is -0.980. The van der Waals surface area contributed by atoms with Gasteiger partial charge in [-0.1, -0.05) is 6.07 Å². The Labute approximate surface area is 120 Å². The van der Waals surface area contributed by atoms with Gasteiger partial charge in [0.25, 0.3) is 0 Å². The molecule has 0 saturated heterocycles. The number of hydrogen-bond acceptors (Lipinski definition) is 2. The Kier molecular flexibility index (Phi) is 7.69. The van der Waals surface area contributed by atoms with Gasteiger partial charge in [-0.15, -0.1) is 24.0 Å². The zero-order valence-electron chi connectivity index (χ0n) is 10.7. The number of nitrogens with one attached hydrogen (secondary N) is 2. The van der Waals surface area contributed by atoms with Crippen molar-refractivity contribution >= 4 is 29.9 Å². The molecule has 1 aromatic carbocycles. The van der Waals surface area contributed by atoms with Crippen LogP contribution in [0.4, 0.5) is 0 Å². The number of rotatable bonds is 3. The minimum Gasteiger partial charge on any atom is -0.497 e. The van der Waals surface area contributed by atoms with Gasteiger partial charge in [-0.2, -0.15) is 0 Å². The molecular weight excluding hydrogens is 329 g/mol. The van der Waals surface area contributed by atoms with Crippen LogP contribution >= 0.6 is 24.0 Å². The molecule has 4 nitrogen and oxygen atoms in total. The average Bonchev–Trinajstić information content (AvgIpc) is 2.29. The van der Waals surface area contributed by atoms with Gasteiger partial charge in [-0.05, 0) is 30.2 Å². The van der Waals surface area contributed by atoms with Gasteiger partial charge >= 0.3 is 0 Å². The number of aliphatic imine (C=N–C) groups is 1. The van der Waals surface area contributed by atoms with Crippen LogP contribution in [0.2, 0.25) is 0 Å². The number of methoxy groups -OCH3 is 1. The highest BCUT2D eigenvalue weighted by Gasteiger charge is 1.99. The van der Waals surface area contributed by atoms with Crippen molar-refractivity contribution < 1.29 is 4.74 Å². The molecule has 0 aliphatic carbocycles. The molecule has 96 valence electrons. The van der Waals surface area contributed by atoms with E-state index in [0.29, 0.717) is 0 Å². The monoisotopic (exact) mass is 349 g/mol. The molecule has 0 unspecified atom stereocenters. The fourth-order valence-corrected chi connectivity index (χ4v) is 1.51. The van der Waals surface area contributed by atoms with E-state index in [1.165, 1.54) is 11.1 Å². The maximum atomic E-state index is 5.22. The zero-order valence-corrected chi connectivity index (χ0v) is 13.0. The molecule has 0 heterocycles. The molecule has 0 aliphatic heterocycles. The van der Waals surface area contributed by atoms with Gasteiger partial charge in [-0.3, -0.25) is 4.99 Å². The van der Waals surface area contributed by atoms with Gasteiger partial charge in [0.15, 0.2) is 5.96 Å². The SMILES string of the molecule is CN=C(NC)NCc1cc(C)cc(OC)c1.I. The third-order valence-electron chi connectivity index (χ3n) is 2.27. The van der Waals surface area contributed by atoms with E-state index in [1.54, 1.807) is 14.2 Å². The number of nitrogens with zero attached hydrogens (tertiary/aromatic N) is 1. The van der Waals surface area contributed by atoms with Crippen LogP contribution in [-0.4, -0.2) is 27.2 Å². The number of ether oxygens (including phenoxy) is 1. The maximum absolute atomic E-state index is 5.22. The molecule has 0 amide bonds. The maximum Gasteiger partial charge on any atom is 0.190 e. The van der Waals surface area contributed by atoms with Crippen molar-refractivity contribution in [2.24, 2.45) is 4.99 Å². The third-order valence-corrected chi connectivity index (χ3v) is 2.27. The van der Waals surface area contributed by atoms with Crippen LogP contribution in [0.1, 0.15) is 11.1 Å². The highest BCUT2D eigenvalue weighted by Crippen LogP contribution is 2.16. The standard InChI is InChI=1S/C12H19N3O.HI/c1-9-5-10(7-11(6-9)16-4)8-15-12(13-2)14-3;/h5-7H,8H2,1-4H3,(H2,13,14,15);1H. The quantitative estimate of drug-likeness (QED) is 0.498. The predicted octanol–water partition coefficient (Wildman–Crippen LogP) is 1.92. The summed E-state index contributed by atoms with van der Waals surface area (Å²) in [7, 11) is 5.26. The summed E-state index contributed by atoms with van der Waals surface area (Å²) in [5.41, 5.74) is 2.36. The molecule has 0 aromatic heterocycles. The molecule has 2 N–H and O–H groups in total. The fraction of sp³-hybridized carbons (Fsp3) is 0.417. The summed E-state index contributed by atoms with van der Waals surface area (Å²) < 4.78 is 5.22. The minimum absolute atomic E-state index is 0. The second kappa shape index (κ2) is 8.16. The first-order chi connectivity index (χ1) is 7.69. The van der Waals surface area contributed by atoms with Crippen LogP contribution in [0, 0.1) is 6.92 Å². The summed E-state index contributed by atoms with van der Waals surface area (Å²) in [6.07, 6.45) is 0. The van der Waals surface area contributed by atoms with Crippen LogP contribution < -0.4 is 15.4 Å². The van der Waals surface area contributed by atoms with E-state index in [2.05, 4.69) is 28.6 Å². The molecule has 0 fully saturated rings. The van der Waals surface area contributed by atoms with E-state index in [4.69, 9.17) is 4.74 Å². The van der Waals surface area contributed by atoms with E-state index in [-0.39, 0.29) is 24.0 Å². The number of guanidine groups is 1. The van der Waals surface area contributed by atoms with Crippen molar-refractivity contribution in [2.75, 3.05) is 21.2 Å². The van der Waals surface area contributed by atoms with Gasteiger partial charge in [0.2, 0.25) is 0 Å². The van der Waals surface area contributed by atoms with Crippen LogP contribution in [-0.2, 0) is 6.54 Å². The molecular formula is C12H20IN3O. The van der Waals surface area contributed by atoms with E-state index in [9.17, 15) is 0 Å². The molecule has 0 saturated carbocycles. The molecule has 0 aliphatic rings. The number of aryl methyl sites for hydroxylation is 1. The zero-order chi connectivity index (χ0) is 12.0. The Balaban J connectivity index is 0.00000256. The van der Waals surface area contributed by atoms with Crippen LogP contribution in [0.5, 0.6) is 5.75 Å². The molecule has 1 aromatic rings.